The van der Waals surface area contributed by atoms with Crippen LogP contribution in [0, 0.1) is 19.8 Å². The number of aryl methyl sites for hydroxylation is 1. The predicted molar refractivity (Wildman–Crippen MR) is 116 cm³/mol. The molecule has 0 aliphatic rings. The van der Waals surface area contributed by atoms with Gasteiger partial charge < -0.3 is 9.30 Å². The minimum Gasteiger partial charge on any atom is -0.454 e. The molecule has 0 aliphatic heterocycles. The number of ketones is 1. The minimum atomic E-state index is -3.96. The third-order valence-corrected chi connectivity index (χ3v) is 6.82. The molecule has 2 rings (SSSR count). The third-order valence-electron chi connectivity index (χ3n) is 4.62. The molecule has 0 bridgehead atoms. The van der Waals surface area contributed by atoms with Gasteiger partial charge in [0.2, 0.25) is 15.8 Å². The maximum absolute atomic E-state index is 12.5. The summed E-state index contributed by atoms with van der Waals surface area (Å²) in [5.74, 6) is -1.22. The second-order valence-electron chi connectivity index (χ2n) is 7.35. The fraction of sp³-hybridized carbons (Fsp3) is 0.400. The van der Waals surface area contributed by atoms with Crippen molar-refractivity contribution in [3.63, 3.8) is 0 Å². The molecule has 1 N–H and O–H groups in total. The van der Waals surface area contributed by atoms with Gasteiger partial charge in [-0.3, -0.25) is 4.79 Å². The van der Waals surface area contributed by atoms with E-state index in [9.17, 15) is 18.0 Å². The number of rotatable bonds is 8. The van der Waals surface area contributed by atoms with Crippen molar-refractivity contribution in [3.8, 4) is 0 Å². The van der Waals surface area contributed by atoms with E-state index >= 15 is 0 Å². The third kappa shape index (κ3) is 5.43. The summed E-state index contributed by atoms with van der Waals surface area (Å²) in [6.07, 6.45) is 0. The second kappa shape index (κ2) is 9.51. The Hall–Kier alpha value is -1.87. The van der Waals surface area contributed by atoms with Gasteiger partial charge in [0.05, 0.1) is 15.6 Å². The average Bonchev–Trinajstić information content (AvgIpc) is 2.91. The number of ether oxygens (including phenoxy) is 1. The summed E-state index contributed by atoms with van der Waals surface area (Å²) >= 11 is 12.1. The lowest BCUT2D eigenvalue weighted by atomic mass is 10.1. The smallest absolute Gasteiger partial charge is 0.340 e. The molecule has 0 atom stereocenters. The quantitative estimate of drug-likeness (QED) is 0.461. The Morgan fingerprint density at radius 1 is 1.10 bits per heavy atom. The summed E-state index contributed by atoms with van der Waals surface area (Å²) < 4.78 is 34.4. The first-order chi connectivity index (χ1) is 13.8. The Kier molecular flexibility index (Phi) is 7.74. The molecule has 0 amide bonds. The molecular formula is C20H24Cl2N2O5S. The monoisotopic (exact) mass is 474 g/mol. The molecule has 1 aromatic heterocycles. The maximum atomic E-state index is 12.5. The summed E-state index contributed by atoms with van der Waals surface area (Å²) in [5, 5.41) is -0.203. The Balaban J connectivity index is 2.23. The average molecular weight is 475 g/mol. The van der Waals surface area contributed by atoms with Crippen molar-refractivity contribution in [1.82, 2.24) is 9.29 Å². The second-order valence-corrected chi connectivity index (χ2v) is 9.90. The highest BCUT2D eigenvalue weighted by Crippen LogP contribution is 2.29. The summed E-state index contributed by atoms with van der Waals surface area (Å²) in [6.45, 7) is 7.04. The van der Waals surface area contributed by atoms with E-state index in [2.05, 4.69) is 4.72 Å². The van der Waals surface area contributed by atoms with Gasteiger partial charge in [0, 0.05) is 30.5 Å². The van der Waals surface area contributed by atoms with Gasteiger partial charge in [-0.2, -0.15) is 0 Å². The van der Waals surface area contributed by atoms with Gasteiger partial charge in [-0.15, -0.1) is 0 Å². The molecule has 0 radical (unpaired) electrons. The zero-order chi connectivity index (χ0) is 22.8. The summed E-state index contributed by atoms with van der Waals surface area (Å²) in [7, 11) is -2.13. The standard InChI is InChI=1S/C20H24Cl2N2O5S/c1-11(2)9-23-30(27,28)19-7-15(16(21)8-17(19)22)20(26)29-10-18(25)14-6-12(3)24(5)13(14)4/h6-8,11,23H,9-10H2,1-5H3. The van der Waals surface area contributed by atoms with Crippen molar-refractivity contribution in [1.29, 1.82) is 0 Å². The largest absolute Gasteiger partial charge is 0.454 e. The molecule has 30 heavy (non-hydrogen) atoms. The molecule has 164 valence electrons. The molecule has 0 spiro atoms. The number of aromatic nitrogens is 1. The first kappa shape index (κ1) is 24.4. The molecule has 1 heterocycles. The van der Waals surface area contributed by atoms with Gasteiger partial charge in [0.1, 0.15) is 4.90 Å². The van der Waals surface area contributed by atoms with Gasteiger partial charge in [0.25, 0.3) is 0 Å². The van der Waals surface area contributed by atoms with Crippen LogP contribution in [-0.4, -0.2) is 37.9 Å². The van der Waals surface area contributed by atoms with Crippen LogP contribution in [0.25, 0.3) is 0 Å². The van der Waals surface area contributed by atoms with Crippen LogP contribution in [-0.2, 0) is 21.8 Å². The number of Topliss-reactive ketones (excluding diaryl/α,β-unsaturated/α-hetero) is 1. The molecule has 0 aliphatic carbocycles. The van der Waals surface area contributed by atoms with Gasteiger partial charge in [-0.25, -0.2) is 17.9 Å². The zero-order valence-corrected chi connectivity index (χ0v) is 19.7. The van der Waals surface area contributed by atoms with E-state index in [-0.39, 0.29) is 38.8 Å². The topological polar surface area (TPSA) is 94.5 Å². The highest BCUT2D eigenvalue weighted by Gasteiger charge is 2.24. The van der Waals surface area contributed by atoms with Gasteiger partial charge in [0.15, 0.2) is 6.61 Å². The van der Waals surface area contributed by atoms with E-state index < -0.39 is 22.6 Å². The van der Waals surface area contributed by atoms with Gasteiger partial charge >= 0.3 is 5.97 Å². The molecule has 0 unspecified atom stereocenters. The van der Waals surface area contributed by atoms with Crippen LogP contribution in [0.2, 0.25) is 10.0 Å². The van der Waals surface area contributed by atoms with Crippen molar-refractivity contribution in [2.75, 3.05) is 13.2 Å². The van der Waals surface area contributed by atoms with E-state index in [1.807, 2.05) is 32.4 Å². The van der Waals surface area contributed by atoms with Crippen molar-refractivity contribution in [3.05, 3.63) is 50.8 Å². The molecule has 0 saturated carbocycles. The van der Waals surface area contributed by atoms with Crippen molar-refractivity contribution in [2.24, 2.45) is 13.0 Å². The summed E-state index contributed by atoms with van der Waals surface area (Å²) in [4.78, 5) is 24.6. The SMILES string of the molecule is Cc1cc(C(=O)COC(=O)c2cc(S(=O)(=O)NCC(C)C)c(Cl)cc2Cl)c(C)n1C. The number of nitrogens with one attached hydrogen (secondary N) is 1. The first-order valence-electron chi connectivity index (χ1n) is 9.17. The van der Waals surface area contributed by atoms with Crippen molar-refractivity contribution >= 4 is 45.0 Å². The molecule has 7 nitrogen and oxygen atoms in total. The summed E-state index contributed by atoms with van der Waals surface area (Å²) in [5.41, 5.74) is 1.90. The van der Waals surface area contributed by atoms with E-state index in [1.54, 1.807) is 13.0 Å². The zero-order valence-electron chi connectivity index (χ0n) is 17.4. The lowest BCUT2D eigenvalue weighted by Gasteiger charge is -2.12. The number of nitrogens with zero attached hydrogens (tertiary/aromatic N) is 1. The fourth-order valence-electron chi connectivity index (χ4n) is 2.67. The minimum absolute atomic E-state index is 0.0754. The number of carbonyl (C=O) groups excluding carboxylic acids is 2. The number of benzene rings is 1. The Labute approximate surface area is 186 Å². The van der Waals surface area contributed by atoms with Crippen LogP contribution in [0.3, 0.4) is 0 Å². The molecule has 0 fully saturated rings. The predicted octanol–water partition coefficient (Wildman–Crippen LogP) is 3.92. The van der Waals surface area contributed by atoms with E-state index in [1.165, 1.54) is 0 Å². The van der Waals surface area contributed by atoms with E-state index in [0.717, 1.165) is 23.5 Å². The van der Waals surface area contributed by atoms with Crippen LogP contribution < -0.4 is 4.72 Å². The summed E-state index contributed by atoms with van der Waals surface area (Å²) in [6, 6.07) is 3.93. The van der Waals surface area contributed by atoms with E-state index in [4.69, 9.17) is 27.9 Å². The van der Waals surface area contributed by atoms with Crippen LogP contribution in [0.4, 0.5) is 0 Å². The molecule has 0 saturated heterocycles. The first-order valence-corrected chi connectivity index (χ1v) is 11.4. The Morgan fingerprint density at radius 3 is 2.27 bits per heavy atom. The Morgan fingerprint density at radius 2 is 1.73 bits per heavy atom. The van der Waals surface area contributed by atoms with Crippen LogP contribution in [0.1, 0.15) is 46.0 Å². The van der Waals surface area contributed by atoms with Crippen molar-refractivity contribution < 1.29 is 22.7 Å². The number of hydrogen-bond donors (Lipinski definition) is 1. The van der Waals surface area contributed by atoms with Gasteiger partial charge in [-0.05, 0) is 38.0 Å². The normalized spacial score (nSPS) is 11.7. The lowest BCUT2D eigenvalue weighted by molar-refractivity contribution is 0.0474. The highest BCUT2D eigenvalue weighted by atomic mass is 35.5. The van der Waals surface area contributed by atoms with Crippen LogP contribution in [0.5, 0.6) is 0 Å². The fourth-order valence-corrected chi connectivity index (χ4v) is 4.73. The lowest BCUT2D eigenvalue weighted by Crippen LogP contribution is -2.28. The molecule has 10 heteroatoms. The number of halogens is 2. The van der Waals surface area contributed by atoms with Crippen LogP contribution >= 0.6 is 23.2 Å². The highest BCUT2D eigenvalue weighted by molar-refractivity contribution is 7.89. The number of carbonyl (C=O) groups is 2. The number of sulfonamides is 1. The molecule has 1 aromatic carbocycles. The van der Waals surface area contributed by atoms with Gasteiger partial charge in [-0.1, -0.05) is 37.0 Å². The van der Waals surface area contributed by atoms with Crippen LogP contribution in [0.15, 0.2) is 23.1 Å². The number of hydrogen-bond acceptors (Lipinski definition) is 5. The number of esters is 1. The van der Waals surface area contributed by atoms with Crippen molar-refractivity contribution in [2.45, 2.75) is 32.6 Å². The Bertz CT molecular complexity index is 1090. The van der Waals surface area contributed by atoms with E-state index in [0.29, 0.717) is 5.56 Å². The molecular weight excluding hydrogens is 451 g/mol. The maximum Gasteiger partial charge on any atom is 0.340 e. The molecule has 2 aromatic rings.